The Balaban J connectivity index is 1.60. The second kappa shape index (κ2) is 12.1. The summed E-state index contributed by atoms with van der Waals surface area (Å²) < 4.78 is 30.7. The summed E-state index contributed by atoms with van der Waals surface area (Å²) in [6.07, 6.45) is 0.751. The molecule has 0 unspecified atom stereocenters. The highest BCUT2D eigenvalue weighted by molar-refractivity contribution is 7.84. The van der Waals surface area contributed by atoms with Crippen molar-refractivity contribution >= 4 is 56.4 Å². The molecule has 1 aromatic carbocycles. The summed E-state index contributed by atoms with van der Waals surface area (Å²) in [4.78, 5) is 21.9. The summed E-state index contributed by atoms with van der Waals surface area (Å²) in [5.74, 6) is -0.298. The fraction of sp³-hybridized carbons (Fsp3) is 0.375. The Kier molecular flexibility index (Phi) is 9.26. The van der Waals surface area contributed by atoms with Crippen LogP contribution in [0.1, 0.15) is 45.6 Å². The monoisotopic (exact) mass is 616 g/mol. The van der Waals surface area contributed by atoms with E-state index in [1.54, 1.807) is 24.3 Å². The lowest BCUT2D eigenvalue weighted by atomic mass is 9.85. The van der Waals surface area contributed by atoms with E-state index in [0.29, 0.717) is 10.6 Å². The van der Waals surface area contributed by atoms with Crippen molar-refractivity contribution < 1.29 is 32.7 Å². The van der Waals surface area contributed by atoms with Crippen molar-refractivity contribution in [1.82, 2.24) is 14.7 Å². The van der Waals surface area contributed by atoms with Crippen LogP contribution in [0, 0.1) is 0 Å². The Labute approximate surface area is 239 Å². The molecule has 4 atom stereocenters. The van der Waals surface area contributed by atoms with Crippen LogP contribution in [0.4, 0.5) is 5.82 Å². The lowest BCUT2D eigenvalue weighted by molar-refractivity contribution is 0.0514. The predicted molar refractivity (Wildman–Crippen MR) is 146 cm³/mol. The number of anilines is 1. The van der Waals surface area contributed by atoms with Crippen molar-refractivity contribution in [2.45, 2.75) is 43.1 Å². The molecule has 0 aliphatic heterocycles. The van der Waals surface area contributed by atoms with Gasteiger partial charge < -0.3 is 20.6 Å². The van der Waals surface area contributed by atoms with Gasteiger partial charge in [-0.25, -0.2) is 9.97 Å². The van der Waals surface area contributed by atoms with Gasteiger partial charge in [-0.05, 0) is 36.6 Å². The first-order chi connectivity index (χ1) is 18.5. The largest absolute Gasteiger partial charge is 0.396 e. The molecule has 1 aliphatic rings. The van der Waals surface area contributed by atoms with Gasteiger partial charge in [-0.3, -0.25) is 8.98 Å². The summed E-state index contributed by atoms with van der Waals surface area (Å²) in [5, 5.41) is 35.0. The molecule has 5 N–H and O–H groups in total. The fourth-order valence-corrected chi connectivity index (χ4v) is 6.64. The van der Waals surface area contributed by atoms with Crippen molar-refractivity contribution in [3.05, 3.63) is 73.8 Å². The maximum absolute atomic E-state index is 13.6. The number of aromatic nitrogens is 2. The van der Waals surface area contributed by atoms with Crippen LogP contribution in [0.2, 0.25) is 9.36 Å². The van der Waals surface area contributed by atoms with Crippen molar-refractivity contribution in [3.8, 4) is 0 Å². The fourth-order valence-electron chi connectivity index (χ4n) is 4.45. The zero-order chi connectivity index (χ0) is 28.4. The number of carbonyl (C=O) groups excluding carboxylic acids is 1. The molecule has 2 aromatic heterocycles. The summed E-state index contributed by atoms with van der Waals surface area (Å²) >= 11 is 13.6. The quantitative estimate of drug-likeness (QED) is 0.202. The van der Waals surface area contributed by atoms with Gasteiger partial charge in [0.2, 0.25) is 5.78 Å². The topological polar surface area (TPSA) is 171 Å². The first-order valence-electron chi connectivity index (χ1n) is 11.8. The molecule has 0 radical (unpaired) electrons. The molecule has 1 aliphatic carbocycles. The van der Waals surface area contributed by atoms with Gasteiger partial charge in [-0.1, -0.05) is 35.3 Å². The minimum atomic E-state index is -4.00. The van der Waals surface area contributed by atoms with Gasteiger partial charge in [0.05, 0.1) is 16.5 Å². The smallest absolute Gasteiger partial charge is 0.335 e. The van der Waals surface area contributed by atoms with E-state index < -0.39 is 39.9 Å². The van der Waals surface area contributed by atoms with Crippen LogP contribution < -0.4 is 10.0 Å². The first kappa shape index (κ1) is 29.8. The summed E-state index contributed by atoms with van der Waals surface area (Å²) in [7, 11) is -2.80. The molecule has 11 nitrogen and oxygen atoms in total. The Morgan fingerprint density at radius 3 is 2.74 bits per heavy atom. The van der Waals surface area contributed by atoms with Crippen LogP contribution >= 0.6 is 34.5 Å². The number of aliphatic hydroxyl groups excluding tert-OH is 2. The van der Waals surface area contributed by atoms with E-state index in [0.717, 1.165) is 11.3 Å². The van der Waals surface area contributed by atoms with E-state index in [9.17, 15) is 28.5 Å². The number of nitrogens with one attached hydrogen (secondary N) is 2. The van der Waals surface area contributed by atoms with Gasteiger partial charge in [0.1, 0.15) is 28.2 Å². The number of halogens is 2. The third-order valence-electron chi connectivity index (χ3n) is 6.40. The number of hydrogen-bond acceptors (Lipinski definition) is 11. The van der Waals surface area contributed by atoms with E-state index in [-0.39, 0.29) is 52.0 Å². The van der Waals surface area contributed by atoms with E-state index in [1.165, 1.54) is 25.6 Å². The third-order valence-corrected chi connectivity index (χ3v) is 8.99. The van der Waals surface area contributed by atoms with E-state index >= 15 is 0 Å². The van der Waals surface area contributed by atoms with Crippen LogP contribution in [0.25, 0.3) is 0 Å². The Bertz CT molecular complexity index is 1460. The number of nitrogens with zero attached hydrogens (tertiary/aromatic N) is 2. The zero-order valence-corrected chi connectivity index (χ0v) is 23.7. The van der Waals surface area contributed by atoms with E-state index in [4.69, 9.17) is 27.4 Å². The molecule has 0 amide bonds. The van der Waals surface area contributed by atoms with Crippen molar-refractivity contribution in [2.24, 2.45) is 0 Å². The highest BCUT2D eigenvalue weighted by Crippen LogP contribution is 2.42. The predicted octanol–water partition coefficient (Wildman–Crippen LogP) is 2.48. The van der Waals surface area contributed by atoms with E-state index in [2.05, 4.69) is 15.3 Å². The summed E-state index contributed by atoms with van der Waals surface area (Å²) in [6, 6.07) is 7.55. The standard InChI is InChI=1S/C24H26Cl2N4O7S2/c1-27-39(35,36)37-19-9-15(8-18(19)32)30-23-16(11-28-12-29-23)21(33)20-10-17(22(26)38-20)24(34,5-6-31)13-3-2-4-14(25)7-13/h2-4,7,10-12,15,18-19,27,31-32,34H,5-6,8-9H2,1H3,(H,28,29,30)/t15-,18+,19-,24+/m1/s1. The highest BCUT2D eigenvalue weighted by atomic mass is 35.5. The van der Waals surface area contributed by atoms with Crippen molar-refractivity contribution in [1.29, 1.82) is 0 Å². The van der Waals surface area contributed by atoms with Gasteiger partial charge in [-0.15, -0.1) is 11.3 Å². The molecule has 39 heavy (non-hydrogen) atoms. The summed E-state index contributed by atoms with van der Waals surface area (Å²) in [6.45, 7) is -0.355. The molecule has 0 saturated heterocycles. The molecule has 0 bridgehead atoms. The lowest BCUT2D eigenvalue weighted by Crippen LogP contribution is -2.31. The van der Waals surface area contributed by atoms with Crippen LogP contribution in [0.15, 0.2) is 42.9 Å². The van der Waals surface area contributed by atoms with Crippen LogP contribution in [0.3, 0.4) is 0 Å². The average Bonchev–Trinajstić information content (AvgIpc) is 3.45. The number of thiophene rings is 1. The van der Waals surface area contributed by atoms with Crippen LogP contribution in [-0.4, -0.2) is 71.4 Å². The molecule has 210 valence electrons. The molecule has 4 rings (SSSR count). The minimum Gasteiger partial charge on any atom is -0.396 e. The zero-order valence-electron chi connectivity index (χ0n) is 20.5. The van der Waals surface area contributed by atoms with Gasteiger partial charge >= 0.3 is 10.3 Å². The van der Waals surface area contributed by atoms with Gasteiger partial charge in [0, 0.05) is 42.9 Å². The second-order valence-corrected chi connectivity index (χ2v) is 12.5. The second-order valence-electron chi connectivity index (χ2n) is 8.93. The van der Waals surface area contributed by atoms with Gasteiger partial charge in [0.15, 0.2) is 0 Å². The number of hydrogen-bond donors (Lipinski definition) is 5. The van der Waals surface area contributed by atoms with E-state index in [1.807, 2.05) is 4.72 Å². The van der Waals surface area contributed by atoms with Gasteiger partial charge in [0.25, 0.3) is 0 Å². The maximum atomic E-state index is 13.6. The molecule has 3 aromatic rings. The first-order valence-corrected chi connectivity index (χ1v) is 14.8. The molecular formula is C24H26Cl2N4O7S2. The molecule has 15 heteroatoms. The summed E-state index contributed by atoms with van der Waals surface area (Å²) in [5.41, 5.74) is -0.949. The SMILES string of the molecule is CNS(=O)(=O)O[C@@H]1C[C@H](Nc2ncncc2C(=O)c2cc([C@](O)(CCO)c3cccc(Cl)c3)c(Cl)s2)C[C@@H]1O. The molecule has 0 spiro atoms. The van der Waals surface area contributed by atoms with Gasteiger partial charge in [-0.2, -0.15) is 13.1 Å². The van der Waals surface area contributed by atoms with Crippen LogP contribution in [-0.2, 0) is 20.1 Å². The number of carbonyl (C=O) groups is 1. The minimum absolute atomic E-state index is 0.0881. The Hall–Kier alpha value is -2.20. The van der Waals surface area contributed by atoms with Crippen molar-refractivity contribution in [3.63, 3.8) is 0 Å². The average molecular weight is 618 g/mol. The molecule has 1 saturated carbocycles. The maximum Gasteiger partial charge on any atom is 0.335 e. The number of rotatable bonds is 11. The number of benzene rings is 1. The molecule has 2 heterocycles. The normalized spacial score (nSPS) is 21.0. The third kappa shape index (κ3) is 6.59. The number of aliphatic hydroxyl groups is 3. The molecule has 1 fully saturated rings. The lowest BCUT2D eigenvalue weighted by Gasteiger charge is -2.28. The molecular weight excluding hydrogens is 591 g/mol. The van der Waals surface area contributed by atoms with Crippen LogP contribution in [0.5, 0.6) is 0 Å². The highest BCUT2D eigenvalue weighted by Gasteiger charge is 2.38. The Morgan fingerprint density at radius 1 is 1.28 bits per heavy atom. The van der Waals surface area contributed by atoms with Crippen molar-refractivity contribution in [2.75, 3.05) is 19.0 Å². The Morgan fingerprint density at radius 2 is 2.05 bits per heavy atom. The number of ketones is 1.